The predicted octanol–water partition coefficient (Wildman–Crippen LogP) is 2.29. The van der Waals surface area contributed by atoms with E-state index in [9.17, 15) is 9.50 Å². The van der Waals surface area contributed by atoms with Gasteiger partial charge in [0, 0.05) is 0 Å². The van der Waals surface area contributed by atoms with E-state index in [-0.39, 0.29) is 18.3 Å². The third-order valence-electron chi connectivity index (χ3n) is 2.15. The Balaban J connectivity index is 2.84. The lowest BCUT2D eigenvalue weighted by Gasteiger charge is -2.17. The molecule has 0 saturated carbocycles. The number of hydrogen-bond acceptors (Lipinski definition) is 3. The summed E-state index contributed by atoms with van der Waals surface area (Å²) in [6.07, 6.45) is -1.02. The third-order valence-corrected chi connectivity index (χ3v) is 2.15. The second-order valence-electron chi connectivity index (χ2n) is 3.75. The summed E-state index contributed by atoms with van der Waals surface area (Å²) < 4.78 is 23.8. The van der Waals surface area contributed by atoms with Crippen molar-refractivity contribution in [2.45, 2.75) is 26.1 Å². The lowest BCUT2D eigenvalue weighted by atomic mass is 10.1. The van der Waals surface area contributed by atoms with E-state index in [1.54, 1.807) is 6.07 Å². The van der Waals surface area contributed by atoms with Crippen molar-refractivity contribution in [3.63, 3.8) is 0 Å². The van der Waals surface area contributed by atoms with Crippen molar-refractivity contribution in [1.29, 1.82) is 0 Å². The van der Waals surface area contributed by atoms with Crippen molar-refractivity contribution in [1.82, 2.24) is 0 Å². The fraction of sp³-hybridized carbons (Fsp3) is 0.500. The van der Waals surface area contributed by atoms with E-state index in [0.717, 1.165) is 0 Å². The summed E-state index contributed by atoms with van der Waals surface area (Å²) in [5.41, 5.74) is 0.144. The molecule has 0 fully saturated rings. The van der Waals surface area contributed by atoms with Crippen LogP contribution in [0.25, 0.3) is 0 Å². The van der Waals surface area contributed by atoms with Gasteiger partial charge in [0.25, 0.3) is 0 Å². The van der Waals surface area contributed by atoms with Gasteiger partial charge in [-0.15, -0.1) is 0 Å². The first-order valence-electron chi connectivity index (χ1n) is 5.18. The standard InChI is InChI=1S/C12H17FO3/c1-8(2)16-7-10(14)12-9(13)5-4-6-11(12)15-3/h4-6,8,10,14H,7H2,1-3H3. The van der Waals surface area contributed by atoms with Crippen LogP contribution in [0.3, 0.4) is 0 Å². The van der Waals surface area contributed by atoms with E-state index in [4.69, 9.17) is 9.47 Å². The average Bonchev–Trinajstić information content (AvgIpc) is 2.25. The molecule has 4 heteroatoms. The first-order chi connectivity index (χ1) is 7.56. The number of hydrogen-bond donors (Lipinski definition) is 1. The highest BCUT2D eigenvalue weighted by atomic mass is 19.1. The minimum Gasteiger partial charge on any atom is -0.496 e. The molecule has 1 atom stereocenters. The van der Waals surface area contributed by atoms with Gasteiger partial charge in [0.05, 0.1) is 25.4 Å². The molecule has 0 amide bonds. The Morgan fingerprint density at radius 1 is 1.38 bits per heavy atom. The molecule has 0 aliphatic carbocycles. The summed E-state index contributed by atoms with van der Waals surface area (Å²) in [5, 5.41) is 9.82. The van der Waals surface area contributed by atoms with E-state index >= 15 is 0 Å². The largest absolute Gasteiger partial charge is 0.496 e. The maximum Gasteiger partial charge on any atom is 0.132 e. The zero-order valence-corrected chi connectivity index (χ0v) is 9.74. The van der Waals surface area contributed by atoms with Crippen molar-refractivity contribution < 1.29 is 19.0 Å². The maximum atomic E-state index is 13.5. The maximum absolute atomic E-state index is 13.5. The van der Waals surface area contributed by atoms with Crippen molar-refractivity contribution in [2.24, 2.45) is 0 Å². The van der Waals surface area contributed by atoms with Crippen LogP contribution >= 0.6 is 0 Å². The lowest BCUT2D eigenvalue weighted by molar-refractivity contribution is 0.00269. The van der Waals surface area contributed by atoms with Crippen molar-refractivity contribution in [2.75, 3.05) is 13.7 Å². The number of halogens is 1. The van der Waals surface area contributed by atoms with E-state index in [1.807, 2.05) is 13.8 Å². The summed E-state index contributed by atoms with van der Waals surface area (Å²) in [7, 11) is 1.44. The Hall–Kier alpha value is -1.13. The summed E-state index contributed by atoms with van der Waals surface area (Å²) in [4.78, 5) is 0. The second-order valence-corrected chi connectivity index (χ2v) is 3.75. The van der Waals surface area contributed by atoms with Crippen molar-refractivity contribution >= 4 is 0 Å². The van der Waals surface area contributed by atoms with Gasteiger partial charge in [0.2, 0.25) is 0 Å². The summed E-state index contributed by atoms with van der Waals surface area (Å²) in [5.74, 6) is -0.154. The highest BCUT2D eigenvalue weighted by molar-refractivity contribution is 5.36. The Bertz CT molecular complexity index is 339. The average molecular weight is 228 g/mol. The number of methoxy groups -OCH3 is 1. The molecule has 90 valence electrons. The molecule has 0 aromatic heterocycles. The highest BCUT2D eigenvalue weighted by Gasteiger charge is 2.18. The number of ether oxygens (including phenoxy) is 2. The topological polar surface area (TPSA) is 38.7 Å². The number of benzene rings is 1. The lowest BCUT2D eigenvalue weighted by Crippen LogP contribution is -2.14. The van der Waals surface area contributed by atoms with Crippen LogP contribution in [0, 0.1) is 5.82 Å². The molecular formula is C12H17FO3. The van der Waals surface area contributed by atoms with Gasteiger partial charge in [-0.05, 0) is 26.0 Å². The monoisotopic (exact) mass is 228 g/mol. The molecule has 0 radical (unpaired) electrons. The molecule has 0 spiro atoms. The van der Waals surface area contributed by atoms with Crippen LogP contribution in [0.5, 0.6) is 5.75 Å². The Morgan fingerprint density at radius 2 is 2.06 bits per heavy atom. The van der Waals surface area contributed by atoms with Crippen molar-refractivity contribution in [3.8, 4) is 5.75 Å². The Kier molecular flexibility index (Phi) is 4.71. The van der Waals surface area contributed by atoms with Crippen LogP contribution < -0.4 is 4.74 Å². The van der Waals surface area contributed by atoms with Gasteiger partial charge in [0.15, 0.2) is 0 Å². The SMILES string of the molecule is COc1cccc(F)c1C(O)COC(C)C. The molecular weight excluding hydrogens is 211 g/mol. The number of rotatable bonds is 5. The predicted molar refractivity (Wildman–Crippen MR) is 59.0 cm³/mol. The van der Waals surface area contributed by atoms with E-state index < -0.39 is 11.9 Å². The molecule has 0 bridgehead atoms. The molecule has 16 heavy (non-hydrogen) atoms. The fourth-order valence-electron chi connectivity index (χ4n) is 1.39. The summed E-state index contributed by atoms with van der Waals surface area (Å²) in [6.45, 7) is 3.76. The molecule has 1 rings (SSSR count). The Labute approximate surface area is 94.8 Å². The number of aliphatic hydroxyl groups excluding tert-OH is 1. The number of aliphatic hydroxyl groups is 1. The first kappa shape index (κ1) is 12.9. The van der Waals surface area contributed by atoms with Gasteiger partial charge in [-0.1, -0.05) is 6.07 Å². The highest BCUT2D eigenvalue weighted by Crippen LogP contribution is 2.28. The molecule has 3 nitrogen and oxygen atoms in total. The van der Waals surface area contributed by atoms with E-state index in [1.165, 1.54) is 19.2 Å². The molecule has 1 unspecified atom stereocenters. The summed E-state index contributed by atoms with van der Waals surface area (Å²) >= 11 is 0. The third kappa shape index (κ3) is 3.18. The van der Waals surface area contributed by atoms with Crippen LogP contribution in [-0.4, -0.2) is 24.9 Å². The minimum atomic E-state index is -1.02. The molecule has 0 heterocycles. The van der Waals surface area contributed by atoms with Crippen LogP contribution in [0.2, 0.25) is 0 Å². The first-order valence-corrected chi connectivity index (χ1v) is 5.18. The van der Waals surface area contributed by atoms with E-state index in [2.05, 4.69) is 0 Å². The second kappa shape index (κ2) is 5.82. The normalized spacial score (nSPS) is 12.9. The van der Waals surface area contributed by atoms with E-state index in [0.29, 0.717) is 5.75 Å². The van der Waals surface area contributed by atoms with Crippen LogP contribution in [-0.2, 0) is 4.74 Å². The van der Waals surface area contributed by atoms with Gasteiger partial charge in [-0.3, -0.25) is 0 Å². The molecule has 1 N–H and O–H groups in total. The van der Waals surface area contributed by atoms with Gasteiger partial charge < -0.3 is 14.6 Å². The quantitative estimate of drug-likeness (QED) is 0.840. The van der Waals surface area contributed by atoms with Crippen LogP contribution in [0.1, 0.15) is 25.5 Å². The van der Waals surface area contributed by atoms with Gasteiger partial charge >= 0.3 is 0 Å². The Morgan fingerprint density at radius 3 is 2.62 bits per heavy atom. The zero-order chi connectivity index (χ0) is 12.1. The molecule has 1 aromatic carbocycles. The van der Waals surface area contributed by atoms with Gasteiger partial charge in [0.1, 0.15) is 17.7 Å². The van der Waals surface area contributed by atoms with Crippen LogP contribution in [0.15, 0.2) is 18.2 Å². The molecule has 0 aliphatic heterocycles. The van der Waals surface area contributed by atoms with Gasteiger partial charge in [-0.2, -0.15) is 0 Å². The smallest absolute Gasteiger partial charge is 0.132 e. The zero-order valence-electron chi connectivity index (χ0n) is 9.74. The summed E-state index contributed by atoms with van der Waals surface area (Å²) in [6, 6.07) is 4.43. The van der Waals surface area contributed by atoms with Crippen molar-refractivity contribution in [3.05, 3.63) is 29.6 Å². The van der Waals surface area contributed by atoms with Crippen LogP contribution in [0.4, 0.5) is 4.39 Å². The fourth-order valence-corrected chi connectivity index (χ4v) is 1.39. The molecule has 0 aliphatic rings. The molecule has 1 aromatic rings. The molecule has 0 saturated heterocycles. The minimum absolute atomic E-state index is 0.00702. The van der Waals surface area contributed by atoms with Gasteiger partial charge in [-0.25, -0.2) is 4.39 Å².